The molecule has 0 radical (unpaired) electrons. The zero-order valence-corrected chi connectivity index (χ0v) is 33.1. The number of anilines is 3. The van der Waals surface area contributed by atoms with E-state index in [9.17, 15) is 0 Å². The Bertz CT molecular complexity index is 2710. The van der Waals surface area contributed by atoms with Gasteiger partial charge in [-0.3, -0.25) is 4.57 Å². The number of aromatic nitrogens is 2. The van der Waals surface area contributed by atoms with Crippen LogP contribution in [-0.4, -0.2) is 16.2 Å². The van der Waals surface area contributed by atoms with Gasteiger partial charge in [-0.2, -0.15) is 0 Å². The Morgan fingerprint density at radius 3 is 2.07 bits per heavy atom. The van der Waals surface area contributed by atoms with Crippen LogP contribution in [0.15, 0.2) is 158 Å². The number of ether oxygens (including phenoxy) is 1. The van der Waals surface area contributed by atoms with Crippen LogP contribution in [-0.2, 0) is 17.4 Å². The molecule has 2 aromatic heterocycles. The number of rotatable bonds is 7. The fraction of sp³-hybridized carbons (Fsp3) is 0.196. The quantitative estimate of drug-likeness (QED) is 0.163. The summed E-state index contributed by atoms with van der Waals surface area (Å²) >= 11 is 0. The van der Waals surface area contributed by atoms with Crippen LogP contribution >= 0.6 is 0 Å². The molecule has 0 fully saturated rings. The Balaban J connectivity index is 1.04. The van der Waals surface area contributed by atoms with Gasteiger partial charge in [0.2, 0.25) is 0 Å². The molecule has 0 aliphatic carbocycles. The maximum absolute atomic E-state index is 6.70. The second kappa shape index (κ2) is 13.8. The lowest BCUT2D eigenvalue weighted by atomic mass is 9.84. The first-order valence-electron chi connectivity index (χ1n) is 19.6. The van der Waals surface area contributed by atoms with Crippen LogP contribution in [0.2, 0.25) is 0 Å². The zero-order valence-electron chi connectivity index (χ0n) is 33.1. The Morgan fingerprint density at radius 2 is 1.27 bits per heavy atom. The SMILES string of the molecule is CC(C)(C)c1ccnc(-n2c3ccccc3c3ccc(Oc4cccc(N5CN(Cc6cc(C(C)(C)C)ccc6-c6ccccc6)c6ccccc65)c4)cc32)c1. The van der Waals surface area contributed by atoms with Gasteiger partial charge in [0.1, 0.15) is 17.3 Å². The third-order valence-electron chi connectivity index (χ3n) is 11.1. The molecule has 1 aliphatic rings. The fourth-order valence-electron chi connectivity index (χ4n) is 8.05. The molecule has 0 bridgehead atoms. The molecule has 8 aromatic rings. The Kier molecular flexibility index (Phi) is 8.69. The highest BCUT2D eigenvalue weighted by molar-refractivity contribution is 6.09. The van der Waals surface area contributed by atoms with E-state index in [1.54, 1.807) is 0 Å². The molecular formula is C51H48N4O. The molecule has 5 nitrogen and oxygen atoms in total. The normalized spacial score (nSPS) is 13.1. The van der Waals surface area contributed by atoms with Crippen molar-refractivity contribution >= 4 is 38.9 Å². The summed E-state index contributed by atoms with van der Waals surface area (Å²) < 4.78 is 8.96. The van der Waals surface area contributed by atoms with Crippen molar-refractivity contribution in [2.45, 2.75) is 58.9 Å². The highest BCUT2D eigenvalue weighted by Gasteiger charge is 2.28. The maximum atomic E-state index is 6.70. The van der Waals surface area contributed by atoms with Crippen LogP contribution in [0, 0.1) is 0 Å². The highest BCUT2D eigenvalue weighted by atomic mass is 16.5. The number of para-hydroxylation sites is 3. The lowest BCUT2D eigenvalue weighted by Crippen LogP contribution is -2.28. The highest BCUT2D eigenvalue weighted by Crippen LogP contribution is 2.44. The van der Waals surface area contributed by atoms with Crippen LogP contribution in [0.1, 0.15) is 58.2 Å². The van der Waals surface area contributed by atoms with E-state index >= 15 is 0 Å². The molecule has 5 heteroatoms. The van der Waals surface area contributed by atoms with Crippen molar-refractivity contribution in [3.8, 4) is 28.4 Å². The number of fused-ring (bicyclic) bond motifs is 4. The van der Waals surface area contributed by atoms with Gasteiger partial charge in [0, 0.05) is 41.3 Å². The van der Waals surface area contributed by atoms with Gasteiger partial charge in [0.15, 0.2) is 0 Å². The van der Waals surface area contributed by atoms with E-state index in [2.05, 4.69) is 202 Å². The minimum absolute atomic E-state index is 0.00502. The number of hydrogen-bond donors (Lipinski definition) is 0. The number of benzene rings is 6. The monoisotopic (exact) mass is 732 g/mol. The van der Waals surface area contributed by atoms with Gasteiger partial charge in [0.25, 0.3) is 0 Å². The van der Waals surface area contributed by atoms with Gasteiger partial charge in [-0.05, 0) is 93.2 Å². The van der Waals surface area contributed by atoms with Crippen LogP contribution in [0.25, 0.3) is 38.8 Å². The van der Waals surface area contributed by atoms with Crippen molar-refractivity contribution in [1.29, 1.82) is 0 Å². The summed E-state index contributed by atoms with van der Waals surface area (Å²) in [5.74, 6) is 2.47. The van der Waals surface area contributed by atoms with Gasteiger partial charge in [-0.1, -0.05) is 126 Å². The molecule has 0 unspecified atom stereocenters. The van der Waals surface area contributed by atoms with Crippen molar-refractivity contribution in [3.05, 3.63) is 175 Å². The summed E-state index contributed by atoms with van der Waals surface area (Å²) in [6, 6.07) is 54.3. The van der Waals surface area contributed by atoms with E-state index in [-0.39, 0.29) is 10.8 Å². The number of nitrogens with zero attached hydrogens (tertiary/aromatic N) is 4. The van der Waals surface area contributed by atoms with Gasteiger partial charge >= 0.3 is 0 Å². The fourth-order valence-corrected chi connectivity index (χ4v) is 8.05. The Labute approximate surface area is 330 Å². The average Bonchev–Trinajstić information content (AvgIpc) is 3.73. The van der Waals surface area contributed by atoms with Crippen LogP contribution < -0.4 is 14.5 Å². The zero-order chi connectivity index (χ0) is 38.6. The van der Waals surface area contributed by atoms with Gasteiger partial charge < -0.3 is 14.5 Å². The smallest absolute Gasteiger partial charge is 0.137 e. The van der Waals surface area contributed by atoms with E-state index in [0.29, 0.717) is 0 Å². The van der Waals surface area contributed by atoms with Gasteiger partial charge in [-0.25, -0.2) is 4.98 Å². The van der Waals surface area contributed by atoms with Crippen molar-refractivity contribution in [1.82, 2.24) is 9.55 Å². The first kappa shape index (κ1) is 35.4. The number of pyridine rings is 1. The topological polar surface area (TPSA) is 33.5 Å². The van der Waals surface area contributed by atoms with Crippen molar-refractivity contribution in [2.75, 3.05) is 16.5 Å². The molecule has 0 N–H and O–H groups in total. The van der Waals surface area contributed by atoms with E-state index in [4.69, 9.17) is 9.72 Å². The van der Waals surface area contributed by atoms with Crippen molar-refractivity contribution in [2.24, 2.45) is 0 Å². The minimum Gasteiger partial charge on any atom is -0.457 e. The maximum Gasteiger partial charge on any atom is 0.137 e. The summed E-state index contributed by atoms with van der Waals surface area (Å²) in [6.07, 6.45) is 1.92. The van der Waals surface area contributed by atoms with E-state index in [1.165, 1.54) is 50.0 Å². The average molecular weight is 733 g/mol. The molecule has 3 heterocycles. The summed E-state index contributed by atoms with van der Waals surface area (Å²) in [7, 11) is 0. The lowest BCUT2D eigenvalue weighted by molar-refractivity contribution is 0.483. The molecule has 0 saturated heterocycles. The third kappa shape index (κ3) is 6.57. The molecule has 0 amide bonds. The van der Waals surface area contributed by atoms with Gasteiger partial charge in [-0.15, -0.1) is 0 Å². The predicted octanol–water partition coefficient (Wildman–Crippen LogP) is 13.3. The van der Waals surface area contributed by atoms with E-state index in [1.807, 2.05) is 12.3 Å². The first-order valence-corrected chi connectivity index (χ1v) is 19.6. The summed E-state index contributed by atoms with van der Waals surface area (Å²) in [6.45, 7) is 15.1. The van der Waals surface area contributed by atoms with Crippen molar-refractivity contribution < 1.29 is 4.74 Å². The number of hydrogen-bond acceptors (Lipinski definition) is 4. The van der Waals surface area contributed by atoms with E-state index in [0.717, 1.165) is 47.3 Å². The standard InChI is InChI=1S/C51H48N4O/c1-50(2,3)37-23-25-42(35-15-8-7-9-16-35)36(29-37)33-53-34-54(47-22-13-12-21-46(47)53)39-17-14-18-40(31-39)56-41-24-26-44-43-19-10-11-20-45(43)55(48(44)32-41)49-30-38(27-28-52-49)51(4,5)6/h7-32H,33-34H2,1-6H3. The Hall–Kier alpha value is -6.33. The predicted molar refractivity (Wildman–Crippen MR) is 234 cm³/mol. The molecule has 9 rings (SSSR count). The molecule has 0 spiro atoms. The minimum atomic E-state index is 0.00502. The van der Waals surface area contributed by atoms with Crippen LogP contribution in [0.5, 0.6) is 11.5 Å². The van der Waals surface area contributed by atoms with Crippen molar-refractivity contribution in [3.63, 3.8) is 0 Å². The molecule has 6 aromatic carbocycles. The van der Waals surface area contributed by atoms with Crippen LogP contribution in [0.4, 0.5) is 17.1 Å². The molecule has 56 heavy (non-hydrogen) atoms. The van der Waals surface area contributed by atoms with Crippen LogP contribution in [0.3, 0.4) is 0 Å². The third-order valence-corrected chi connectivity index (χ3v) is 11.1. The lowest BCUT2D eigenvalue weighted by Gasteiger charge is -2.26. The summed E-state index contributed by atoms with van der Waals surface area (Å²) in [5, 5.41) is 2.36. The summed E-state index contributed by atoms with van der Waals surface area (Å²) in [4.78, 5) is 9.75. The second-order valence-corrected chi connectivity index (χ2v) is 17.0. The first-order chi connectivity index (χ1) is 27.0. The van der Waals surface area contributed by atoms with E-state index < -0.39 is 0 Å². The molecule has 278 valence electrons. The van der Waals surface area contributed by atoms with Gasteiger partial charge in [0.05, 0.1) is 29.1 Å². The largest absolute Gasteiger partial charge is 0.457 e. The molecule has 0 atom stereocenters. The molecule has 1 aliphatic heterocycles. The second-order valence-electron chi connectivity index (χ2n) is 17.0. The molecule has 0 saturated carbocycles. The summed E-state index contributed by atoms with van der Waals surface area (Å²) in [5.41, 5.74) is 12.2. The Morgan fingerprint density at radius 1 is 0.571 bits per heavy atom. The molecular weight excluding hydrogens is 685 g/mol.